The highest BCUT2D eigenvalue weighted by molar-refractivity contribution is 6.30. The fraction of sp³-hybridized carbons (Fsp3) is 0.0476. The molecule has 0 aliphatic heterocycles. The van der Waals surface area contributed by atoms with E-state index >= 15 is 0 Å². The molecule has 0 atom stereocenters. The van der Waals surface area contributed by atoms with E-state index in [0.717, 1.165) is 0 Å². The van der Waals surface area contributed by atoms with Gasteiger partial charge in [0.2, 0.25) is 5.78 Å². The summed E-state index contributed by atoms with van der Waals surface area (Å²) < 4.78 is 6.62. The molecule has 2 aromatic carbocycles. The first-order chi connectivity index (χ1) is 13.4. The molecule has 6 nitrogen and oxygen atoms in total. The van der Waals surface area contributed by atoms with Gasteiger partial charge in [0.1, 0.15) is 16.8 Å². The summed E-state index contributed by atoms with van der Waals surface area (Å²) in [5, 5.41) is 5.31. The van der Waals surface area contributed by atoms with E-state index in [1.54, 1.807) is 48.5 Å². The molecule has 2 heterocycles. The Balaban J connectivity index is 1.86. The van der Waals surface area contributed by atoms with Crippen molar-refractivity contribution in [3.8, 4) is 5.69 Å². The maximum Gasteiger partial charge on any atom is 0.347 e. The third-order valence-electron chi connectivity index (χ3n) is 4.25. The van der Waals surface area contributed by atoms with Crippen molar-refractivity contribution < 1.29 is 14.0 Å². The molecule has 138 valence electrons. The molecule has 4 rings (SSSR count). The van der Waals surface area contributed by atoms with Gasteiger partial charge in [-0.2, -0.15) is 5.10 Å². The highest BCUT2D eigenvalue weighted by atomic mass is 35.5. The van der Waals surface area contributed by atoms with Gasteiger partial charge in [0.05, 0.1) is 11.3 Å². The fourth-order valence-corrected chi connectivity index (χ4v) is 3.10. The third kappa shape index (κ3) is 3.14. The zero-order chi connectivity index (χ0) is 19.8. The van der Waals surface area contributed by atoms with Crippen LogP contribution in [0, 0.1) is 0 Å². The predicted molar refractivity (Wildman–Crippen MR) is 104 cm³/mol. The van der Waals surface area contributed by atoms with Gasteiger partial charge < -0.3 is 4.42 Å². The minimum atomic E-state index is -0.770. The number of hydrogen-bond acceptors (Lipinski definition) is 5. The number of carbonyl (C=O) groups excluding carboxylic acids is 2. The lowest BCUT2D eigenvalue weighted by Gasteiger charge is -2.01. The maximum absolute atomic E-state index is 13.1. The fourth-order valence-electron chi connectivity index (χ4n) is 2.92. The quantitative estimate of drug-likeness (QED) is 0.386. The molecule has 28 heavy (non-hydrogen) atoms. The number of Topliss-reactive ketones (excluding diaryl/α,β-unsaturated/α-hetero) is 1. The van der Waals surface area contributed by atoms with Crippen molar-refractivity contribution in [2.24, 2.45) is 0 Å². The van der Waals surface area contributed by atoms with E-state index in [1.165, 1.54) is 23.9 Å². The Labute approximate surface area is 164 Å². The Morgan fingerprint density at radius 3 is 2.57 bits per heavy atom. The first-order valence-corrected chi connectivity index (χ1v) is 8.76. The maximum atomic E-state index is 13.1. The summed E-state index contributed by atoms with van der Waals surface area (Å²) in [7, 11) is 0. The van der Waals surface area contributed by atoms with Gasteiger partial charge in [0.25, 0.3) is 0 Å². The van der Waals surface area contributed by atoms with Gasteiger partial charge in [-0.15, -0.1) is 0 Å². The summed E-state index contributed by atoms with van der Waals surface area (Å²) in [6, 6.07) is 15.2. The molecule has 0 saturated carbocycles. The zero-order valence-electron chi connectivity index (χ0n) is 14.7. The molecule has 0 bridgehead atoms. The number of carbonyl (C=O) groups is 2. The number of benzene rings is 2. The van der Waals surface area contributed by atoms with Crippen LogP contribution in [0.15, 0.2) is 70.0 Å². The summed E-state index contributed by atoms with van der Waals surface area (Å²) in [5.74, 6) is -1.02. The minimum Gasteiger partial charge on any atom is -0.422 e. The summed E-state index contributed by atoms with van der Waals surface area (Å²) >= 11 is 6.01. The van der Waals surface area contributed by atoms with Crippen molar-refractivity contribution in [3.63, 3.8) is 0 Å². The zero-order valence-corrected chi connectivity index (χ0v) is 15.4. The van der Waals surface area contributed by atoms with Crippen LogP contribution in [-0.2, 0) is 0 Å². The molecule has 0 fully saturated rings. The average molecular weight is 393 g/mol. The van der Waals surface area contributed by atoms with Crippen molar-refractivity contribution in [2.75, 3.05) is 0 Å². The molecule has 0 N–H and O–H groups in total. The lowest BCUT2D eigenvalue weighted by Crippen LogP contribution is -2.16. The van der Waals surface area contributed by atoms with Crippen molar-refractivity contribution >= 4 is 34.1 Å². The number of hydrogen-bond donors (Lipinski definition) is 0. The first-order valence-electron chi connectivity index (χ1n) is 8.38. The van der Waals surface area contributed by atoms with Gasteiger partial charge in [-0.3, -0.25) is 9.59 Å². The number of para-hydroxylation sites is 1. The molecular formula is C21H13ClN2O4. The number of rotatable bonds is 4. The number of ketones is 2. The first kappa shape index (κ1) is 17.9. The van der Waals surface area contributed by atoms with Gasteiger partial charge >= 0.3 is 5.63 Å². The Bertz CT molecular complexity index is 1300. The van der Waals surface area contributed by atoms with Gasteiger partial charge in [-0.05, 0) is 30.3 Å². The van der Waals surface area contributed by atoms with Crippen molar-refractivity contribution in [1.82, 2.24) is 9.78 Å². The van der Waals surface area contributed by atoms with Crippen molar-refractivity contribution in [3.05, 3.63) is 93.1 Å². The van der Waals surface area contributed by atoms with Gasteiger partial charge in [-0.1, -0.05) is 35.9 Å². The van der Waals surface area contributed by atoms with E-state index < -0.39 is 17.2 Å². The highest BCUT2D eigenvalue weighted by Gasteiger charge is 2.24. The molecule has 0 radical (unpaired) electrons. The smallest absolute Gasteiger partial charge is 0.347 e. The van der Waals surface area contributed by atoms with Crippen molar-refractivity contribution in [2.45, 2.75) is 6.92 Å². The standard InChI is InChI=1S/C21H13ClN2O4/c1-12(25)19-17(11-24(23-19)15-7-4-6-14(22)10-15)20(26)16-9-13-5-2-3-8-18(13)28-21(16)27/h2-11H,1H3. The van der Waals surface area contributed by atoms with Crippen LogP contribution in [-0.4, -0.2) is 21.3 Å². The van der Waals surface area contributed by atoms with Crippen LogP contribution in [0.2, 0.25) is 5.02 Å². The van der Waals surface area contributed by atoms with E-state index in [4.69, 9.17) is 16.0 Å². The largest absolute Gasteiger partial charge is 0.422 e. The Morgan fingerprint density at radius 2 is 1.82 bits per heavy atom. The van der Waals surface area contributed by atoms with Crippen LogP contribution in [0.5, 0.6) is 0 Å². The second kappa shape index (κ2) is 6.90. The average Bonchev–Trinajstić information content (AvgIpc) is 3.13. The topological polar surface area (TPSA) is 82.2 Å². The predicted octanol–water partition coefficient (Wildman–Crippen LogP) is 4.07. The number of aromatic nitrogens is 2. The second-order valence-corrected chi connectivity index (χ2v) is 6.62. The molecule has 0 aliphatic carbocycles. The normalized spacial score (nSPS) is 10.9. The van der Waals surface area contributed by atoms with Gasteiger partial charge in [0.15, 0.2) is 5.78 Å². The van der Waals surface area contributed by atoms with E-state index in [0.29, 0.717) is 21.7 Å². The second-order valence-electron chi connectivity index (χ2n) is 6.19. The summed E-state index contributed by atoms with van der Waals surface area (Å²) in [6.45, 7) is 1.31. The van der Waals surface area contributed by atoms with Crippen LogP contribution in [0.25, 0.3) is 16.7 Å². The SMILES string of the molecule is CC(=O)c1nn(-c2cccc(Cl)c2)cc1C(=O)c1cc2ccccc2oc1=O. The summed E-state index contributed by atoms with van der Waals surface area (Å²) in [4.78, 5) is 37.4. The summed E-state index contributed by atoms with van der Waals surface area (Å²) in [6.07, 6.45) is 1.42. The van der Waals surface area contributed by atoms with Crippen LogP contribution in [0.4, 0.5) is 0 Å². The Kier molecular flexibility index (Phi) is 4.41. The summed E-state index contributed by atoms with van der Waals surface area (Å²) in [5.41, 5.74) is 0.0261. The lowest BCUT2D eigenvalue weighted by atomic mass is 10.0. The van der Waals surface area contributed by atoms with Crippen LogP contribution >= 0.6 is 11.6 Å². The van der Waals surface area contributed by atoms with E-state index in [2.05, 4.69) is 5.10 Å². The molecule has 0 unspecified atom stereocenters. The minimum absolute atomic E-state index is 0.0232. The Morgan fingerprint density at radius 1 is 1.04 bits per heavy atom. The van der Waals surface area contributed by atoms with Crippen LogP contribution in [0.1, 0.15) is 33.3 Å². The molecule has 7 heteroatoms. The van der Waals surface area contributed by atoms with E-state index in [9.17, 15) is 14.4 Å². The van der Waals surface area contributed by atoms with Gasteiger partial charge in [0, 0.05) is 23.5 Å². The number of nitrogens with zero attached hydrogens (tertiary/aromatic N) is 2. The van der Waals surface area contributed by atoms with E-state index in [1.807, 2.05) is 0 Å². The molecule has 0 aliphatic rings. The molecule has 4 aromatic rings. The third-order valence-corrected chi connectivity index (χ3v) is 4.49. The highest BCUT2D eigenvalue weighted by Crippen LogP contribution is 2.20. The molecular weight excluding hydrogens is 380 g/mol. The van der Waals surface area contributed by atoms with Gasteiger partial charge in [-0.25, -0.2) is 9.48 Å². The van der Waals surface area contributed by atoms with Crippen molar-refractivity contribution in [1.29, 1.82) is 0 Å². The Hall–Kier alpha value is -3.51. The van der Waals surface area contributed by atoms with E-state index in [-0.39, 0.29) is 16.8 Å². The monoisotopic (exact) mass is 392 g/mol. The van der Waals surface area contributed by atoms with Crippen LogP contribution in [0.3, 0.4) is 0 Å². The molecule has 0 spiro atoms. The van der Waals surface area contributed by atoms with Crippen LogP contribution < -0.4 is 5.63 Å². The number of halogens is 1. The molecule has 0 saturated heterocycles. The molecule has 0 amide bonds. The number of fused-ring (bicyclic) bond motifs is 1. The lowest BCUT2D eigenvalue weighted by molar-refractivity contribution is 0.0986. The molecule has 2 aromatic heterocycles.